The van der Waals surface area contributed by atoms with Gasteiger partial charge in [-0.25, -0.2) is 0 Å². The van der Waals surface area contributed by atoms with E-state index in [1.165, 1.54) is 17.0 Å². The molecule has 0 spiro atoms. The van der Waals surface area contributed by atoms with Crippen molar-refractivity contribution in [1.29, 1.82) is 5.26 Å². The Hall–Kier alpha value is -3.38. The third-order valence-electron chi connectivity index (χ3n) is 6.43. The number of nitrogens with zero attached hydrogens (tertiary/aromatic N) is 3. The second-order valence-corrected chi connectivity index (χ2v) is 8.54. The summed E-state index contributed by atoms with van der Waals surface area (Å²) in [5, 5.41) is 9.12. The summed E-state index contributed by atoms with van der Waals surface area (Å²) < 4.78 is 45.7. The van der Waals surface area contributed by atoms with E-state index >= 15 is 0 Å². The average Bonchev–Trinajstić information content (AvgIpc) is 2.78. The fraction of sp³-hybridized carbons (Fsp3) is 0.400. The van der Waals surface area contributed by atoms with Gasteiger partial charge in [-0.1, -0.05) is 18.2 Å². The molecule has 0 N–H and O–H groups in total. The molecular formula is C25H26F3N3O3. The minimum absolute atomic E-state index is 0.0450. The smallest absolute Gasteiger partial charge is 0.416 e. The maximum atomic E-state index is 13.5. The number of ether oxygens (including phenoxy) is 1. The minimum atomic E-state index is -4.59. The van der Waals surface area contributed by atoms with Crippen LogP contribution in [0.25, 0.3) is 0 Å². The molecule has 1 fully saturated rings. The van der Waals surface area contributed by atoms with Crippen LogP contribution in [0, 0.1) is 17.2 Å². The largest absolute Gasteiger partial charge is 0.466 e. The molecule has 3 unspecified atom stereocenters. The Kier molecular flexibility index (Phi) is 7.03. The highest BCUT2D eigenvalue weighted by Crippen LogP contribution is 2.47. The van der Waals surface area contributed by atoms with E-state index in [1.807, 2.05) is 6.07 Å². The molecule has 1 aliphatic heterocycles. The molecule has 180 valence electrons. The molecule has 1 heterocycles. The molecule has 3 atom stereocenters. The Bertz CT molecular complexity index is 1110. The third-order valence-corrected chi connectivity index (χ3v) is 6.43. The molecule has 0 aromatic heterocycles. The summed E-state index contributed by atoms with van der Waals surface area (Å²) in [6.07, 6.45) is -4.70. The number of hydrogen-bond acceptors (Lipinski definition) is 5. The lowest BCUT2D eigenvalue weighted by molar-refractivity contribution is -0.157. The number of carbonyl (C=O) groups is 2. The SMILES string of the molecule is CCOC(=O)C1C(c2ccc(C#N)cc2)CC(=O)N(c2cccc(C(F)(F)F)c2)C1(C)N(C)C. The predicted molar refractivity (Wildman–Crippen MR) is 120 cm³/mol. The predicted octanol–water partition coefficient (Wildman–Crippen LogP) is 4.55. The highest BCUT2D eigenvalue weighted by Gasteiger charge is 2.57. The zero-order chi connectivity index (χ0) is 25.3. The zero-order valence-electron chi connectivity index (χ0n) is 19.4. The van der Waals surface area contributed by atoms with Crippen molar-refractivity contribution in [3.63, 3.8) is 0 Å². The Morgan fingerprint density at radius 1 is 1.24 bits per heavy atom. The van der Waals surface area contributed by atoms with Crippen LogP contribution >= 0.6 is 0 Å². The third kappa shape index (κ3) is 4.50. The topological polar surface area (TPSA) is 73.6 Å². The van der Waals surface area contributed by atoms with E-state index < -0.39 is 41.1 Å². The Labute approximate surface area is 196 Å². The van der Waals surface area contributed by atoms with Crippen molar-refractivity contribution in [1.82, 2.24) is 4.90 Å². The molecule has 1 amide bonds. The summed E-state index contributed by atoms with van der Waals surface area (Å²) in [5.74, 6) is -2.50. The van der Waals surface area contributed by atoms with Crippen LogP contribution in [0.2, 0.25) is 0 Å². The highest BCUT2D eigenvalue weighted by atomic mass is 19.4. The molecule has 0 bridgehead atoms. The van der Waals surface area contributed by atoms with Crippen LogP contribution in [0.1, 0.15) is 42.9 Å². The van der Waals surface area contributed by atoms with Crippen LogP contribution < -0.4 is 4.90 Å². The van der Waals surface area contributed by atoms with Gasteiger partial charge in [0.2, 0.25) is 5.91 Å². The van der Waals surface area contributed by atoms with Crippen molar-refractivity contribution in [3.05, 3.63) is 65.2 Å². The van der Waals surface area contributed by atoms with Gasteiger partial charge < -0.3 is 4.74 Å². The molecule has 0 radical (unpaired) electrons. The summed E-state index contributed by atoms with van der Waals surface area (Å²) in [4.78, 5) is 29.8. The van der Waals surface area contributed by atoms with Crippen LogP contribution in [0.5, 0.6) is 0 Å². The first-order valence-electron chi connectivity index (χ1n) is 10.8. The number of hydrogen-bond donors (Lipinski definition) is 0. The van der Waals surface area contributed by atoms with Gasteiger partial charge >= 0.3 is 12.1 Å². The second-order valence-electron chi connectivity index (χ2n) is 8.54. The van der Waals surface area contributed by atoms with Gasteiger partial charge in [0, 0.05) is 18.0 Å². The molecule has 3 rings (SSSR count). The summed E-state index contributed by atoms with van der Waals surface area (Å²) in [6, 6.07) is 13.2. The molecule has 34 heavy (non-hydrogen) atoms. The molecular weight excluding hydrogens is 447 g/mol. The van der Waals surface area contributed by atoms with Gasteiger partial charge in [0.25, 0.3) is 0 Å². The standard InChI is InChI=1S/C25H26F3N3O3/c1-5-34-23(33)22-20(17-11-9-16(15-29)10-12-17)14-21(32)31(24(22,2)30(3)4)19-8-6-7-18(13-19)25(26,27)28/h6-13,20,22H,5,14H2,1-4H3. The number of benzene rings is 2. The van der Waals surface area contributed by atoms with Crippen LogP contribution in [0.15, 0.2) is 48.5 Å². The highest BCUT2D eigenvalue weighted by molar-refractivity contribution is 5.98. The Balaban J connectivity index is 2.20. The fourth-order valence-electron chi connectivity index (χ4n) is 4.61. The summed E-state index contributed by atoms with van der Waals surface area (Å²) in [7, 11) is 3.34. The van der Waals surface area contributed by atoms with Gasteiger partial charge in [-0.3, -0.25) is 19.4 Å². The van der Waals surface area contributed by atoms with E-state index in [0.29, 0.717) is 11.1 Å². The van der Waals surface area contributed by atoms with Crippen LogP contribution in [0.4, 0.5) is 18.9 Å². The van der Waals surface area contributed by atoms with Gasteiger partial charge in [-0.15, -0.1) is 0 Å². The van der Waals surface area contributed by atoms with Crippen molar-refractivity contribution in [3.8, 4) is 6.07 Å². The van der Waals surface area contributed by atoms with E-state index in [0.717, 1.165) is 12.1 Å². The van der Waals surface area contributed by atoms with Crippen LogP contribution in [-0.2, 0) is 20.5 Å². The number of halogens is 3. The van der Waals surface area contributed by atoms with Crippen molar-refractivity contribution in [2.75, 3.05) is 25.6 Å². The summed E-state index contributed by atoms with van der Waals surface area (Å²) >= 11 is 0. The van der Waals surface area contributed by atoms with Crippen LogP contribution in [-0.4, -0.2) is 43.1 Å². The Morgan fingerprint density at radius 3 is 2.41 bits per heavy atom. The maximum absolute atomic E-state index is 13.5. The van der Waals surface area contributed by atoms with Gasteiger partial charge in [-0.05, 0) is 63.8 Å². The van der Waals surface area contributed by atoms with Gasteiger partial charge in [0.1, 0.15) is 11.6 Å². The molecule has 2 aromatic carbocycles. The molecule has 1 saturated heterocycles. The monoisotopic (exact) mass is 473 g/mol. The first kappa shape index (κ1) is 25.2. The van der Waals surface area contributed by atoms with E-state index in [4.69, 9.17) is 10.00 Å². The van der Waals surface area contributed by atoms with Crippen molar-refractivity contribution >= 4 is 17.6 Å². The number of piperidine rings is 1. The van der Waals surface area contributed by atoms with E-state index in [9.17, 15) is 22.8 Å². The number of rotatable bonds is 5. The van der Waals surface area contributed by atoms with Crippen molar-refractivity contribution in [2.24, 2.45) is 5.92 Å². The van der Waals surface area contributed by atoms with E-state index in [-0.39, 0.29) is 18.7 Å². The summed E-state index contributed by atoms with van der Waals surface area (Å²) in [5.41, 5.74) is -1.09. The van der Waals surface area contributed by atoms with Crippen molar-refractivity contribution in [2.45, 2.75) is 38.0 Å². The molecule has 2 aromatic rings. The Morgan fingerprint density at radius 2 is 1.88 bits per heavy atom. The molecule has 0 aliphatic carbocycles. The van der Waals surface area contributed by atoms with Gasteiger partial charge in [0.15, 0.2) is 0 Å². The van der Waals surface area contributed by atoms with Gasteiger partial charge in [-0.2, -0.15) is 18.4 Å². The molecule has 0 saturated carbocycles. The number of nitriles is 1. The number of carbonyl (C=O) groups excluding carboxylic acids is 2. The quantitative estimate of drug-likeness (QED) is 0.596. The maximum Gasteiger partial charge on any atom is 0.416 e. The number of anilines is 1. The van der Waals surface area contributed by atoms with Crippen LogP contribution in [0.3, 0.4) is 0 Å². The minimum Gasteiger partial charge on any atom is -0.466 e. The zero-order valence-corrected chi connectivity index (χ0v) is 19.4. The average molecular weight is 473 g/mol. The number of esters is 1. The van der Waals surface area contributed by atoms with Crippen molar-refractivity contribution < 1.29 is 27.5 Å². The molecule has 6 nitrogen and oxygen atoms in total. The molecule has 9 heteroatoms. The number of amides is 1. The lowest BCUT2D eigenvalue weighted by atomic mass is 9.71. The first-order chi connectivity index (χ1) is 15.9. The summed E-state index contributed by atoms with van der Waals surface area (Å²) in [6.45, 7) is 3.43. The number of alkyl halides is 3. The van der Waals surface area contributed by atoms with Gasteiger partial charge in [0.05, 0.1) is 23.8 Å². The first-order valence-corrected chi connectivity index (χ1v) is 10.8. The normalized spacial score (nSPS) is 23.0. The fourth-order valence-corrected chi connectivity index (χ4v) is 4.61. The molecule has 1 aliphatic rings. The second kappa shape index (κ2) is 9.47. The lowest BCUT2D eigenvalue weighted by Crippen LogP contribution is -2.69. The van der Waals surface area contributed by atoms with E-state index in [1.54, 1.807) is 57.1 Å². The lowest BCUT2D eigenvalue weighted by Gasteiger charge is -2.54. The van der Waals surface area contributed by atoms with E-state index in [2.05, 4.69) is 0 Å².